The number of sulfonamides is 1. The molecule has 0 unspecified atom stereocenters. The number of alkyl halides is 3. The molecule has 1 aliphatic rings. The van der Waals surface area contributed by atoms with Crippen LogP contribution in [0.3, 0.4) is 0 Å². The summed E-state index contributed by atoms with van der Waals surface area (Å²) >= 11 is 6.19. The van der Waals surface area contributed by atoms with Crippen molar-refractivity contribution >= 4 is 44.9 Å². The van der Waals surface area contributed by atoms with Gasteiger partial charge in [-0.3, -0.25) is 14.2 Å². The second kappa shape index (κ2) is 10.8. The minimum Gasteiger partial charge on any atom is -0.494 e. The number of carbonyl (C=O) groups is 1. The number of hydrogen-bond acceptors (Lipinski definition) is 8. The van der Waals surface area contributed by atoms with E-state index in [2.05, 4.69) is 15.4 Å². The number of carbonyl (C=O) groups excluding carboxylic acids is 1. The van der Waals surface area contributed by atoms with Crippen molar-refractivity contribution in [2.75, 3.05) is 32.3 Å². The van der Waals surface area contributed by atoms with Crippen molar-refractivity contribution in [1.82, 2.24) is 19.0 Å². The Morgan fingerprint density at radius 1 is 1.15 bits per heavy atom. The Labute approximate surface area is 226 Å². The largest absolute Gasteiger partial charge is 0.516 e. The Morgan fingerprint density at radius 2 is 1.85 bits per heavy atom. The quantitative estimate of drug-likeness (QED) is 0.450. The molecule has 0 atom stereocenters. The molecule has 0 saturated carbocycles. The van der Waals surface area contributed by atoms with Crippen molar-refractivity contribution in [3.8, 4) is 5.75 Å². The molecule has 3 heterocycles. The molecule has 0 spiro atoms. The lowest BCUT2D eigenvalue weighted by molar-refractivity contribution is -0.0477. The molecular formula is C23H24ClF3N6O5S. The molecule has 1 N–H and O–H groups in total. The number of imidazole rings is 1. The van der Waals surface area contributed by atoms with E-state index in [1.165, 1.54) is 12.1 Å². The number of benzene rings is 1. The summed E-state index contributed by atoms with van der Waals surface area (Å²) < 4.78 is 74.3. The third kappa shape index (κ3) is 5.41. The van der Waals surface area contributed by atoms with Crippen LogP contribution in [0.2, 0.25) is 5.02 Å². The van der Waals surface area contributed by atoms with Crippen LogP contribution in [0, 0.1) is 0 Å². The average molecular weight is 589 g/mol. The molecule has 0 fully saturated rings. The number of hydrazone groups is 1. The number of amidine groups is 1. The van der Waals surface area contributed by atoms with Gasteiger partial charge in [-0.25, -0.2) is 9.29 Å². The Hall–Kier alpha value is -3.72. The lowest BCUT2D eigenvalue weighted by atomic mass is 10.2. The molecule has 0 bridgehead atoms. The van der Waals surface area contributed by atoms with Gasteiger partial charge in [0.05, 0.1) is 49.9 Å². The number of nitrogens with one attached hydrogen (secondary N) is 1. The van der Waals surface area contributed by atoms with Crippen LogP contribution < -0.4 is 15.1 Å². The Balaban J connectivity index is 1.49. The minimum absolute atomic E-state index is 0.0850. The summed E-state index contributed by atoms with van der Waals surface area (Å²) in [6.45, 7) is 1.40. The van der Waals surface area contributed by atoms with Crippen LogP contribution in [-0.4, -0.2) is 66.9 Å². The first-order chi connectivity index (χ1) is 18.4. The molecule has 2 aromatic heterocycles. The highest BCUT2D eigenvalue weighted by atomic mass is 35.5. The number of halogens is 4. The Morgan fingerprint density at radius 3 is 2.44 bits per heavy atom. The molecule has 0 aliphatic carbocycles. The Bertz CT molecular complexity index is 1530. The number of aromatic nitrogens is 2. The van der Waals surface area contributed by atoms with Crippen LogP contribution in [0.25, 0.3) is 5.65 Å². The van der Waals surface area contributed by atoms with Crippen LogP contribution in [0.1, 0.15) is 28.7 Å². The number of aryl methyl sites for hydroxylation is 1. The van der Waals surface area contributed by atoms with Gasteiger partial charge in [0, 0.05) is 12.6 Å². The monoisotopic (exact) mass is 588 g/mol. The number of amides is 1. The molecule has 4 rings (SSSR count). The van der Waals surface area contributed by atoms with E-state index in [4.69, 9.17) is 21.1 Å². The zero-order chi connectivity index (χ0) is 28.5. The fourth-order valence-corrected chi connectivity index (χ4v) is 5.06. The predicted molar refractivity (Wildman–Crippen MR) is 137 cm³/mol. The van der Waals surface area contributed by atoms with Crippen LogP contribution in [0.4, 0.5) is 18.9 Å². The van der Waals surface area contributed by atoms with Crippen molar-refractivity contribution in [1.29, 1.82) is 0 Å². The summed E-state index contributed by atoms with van der Waals surface area (Å²) in [5, 5.41) is 8.47. The molecule has 16 heteroatoms. The van der Waals surface area contributed by atoms with Crippen LogP contribution in [-0.2, 0) is 27.7 Å². The summed E-state index contributed by atoms with van der Waals surface area (Å²) in [6, 6.07) is 7.61. The van der Waals surface area contributed by atoms with E-state index in [9.17, 15) is 26.4 Å². The van der Waals surface area contributed by atoms with Crippen molar-refractivity contribution in [3.05, 3.63) is 58.5 Å². The number of nitrogens with zero attached hydrogens (tertiary/aromatic N) is 5. The van der Waals surface area contributed by atoms with Gasteiger partial charge in [0.1, 0.15) is 11.3 Å². The molecule has 39 heavy (non-hydrogen) atoms. The summed E-state index contributed by atoms with van der Waals surface area (Å²) in [6.07, 6.45) is 2.11. The van der Waals surface area contributed by atoms with Crippen molar-refractivity contribution in [3.63, 3.8) is 0 Å². The topological polar surface area (TPSA) is 118 Å². The second-order valence-electron chi connectivity index (χ2n) is 8.26. The smallest absolute Gasteiger partial charge is 0.494 e. The van der Waals surface area contributed by atoms with E-state index >= 15 is 0 Å². The van der Waals surface area contributed by atoms with Crippen molar-refractivity contribution < 1.29 is 35.9 Å². The molecule has 0 saturated heterocycles. The molecule has 3 aromatic rings. The van der Waals surface area contributed by atoms with Gasteiger partial charge in [0.15, 0.2) is 5.75 Å². The lowest BCUT2D eigenvalue weighted by Crippen LogP contribution is -2.51. The van der Waals surface area contributed by atoms with Gasteiger partial charge >= 0.3 is 21.6 Å². The standard InChI is InChI=1S/C23H24ClF3N6O5S/c1-4-17-20(31-13-18(37-2)16(24)11-19(31)29-17)21(34)28-12-14-5-7-15(8-6-14)32-9-10-33(22(30-32)38-3)39(35,36)23(25,26)27/h5-8,11,13H,4,9-10,12H2,1-3H3,(H,28,34). The van der Waals surface area contributed by atoms with E-state index in [0.29, 0.717) is 39.9 Å². The van der Waals surface area contributed by atoms with Gasteiger partial charge in [-0.15, -0.1) is 5.10 Å². The van der Waals surface area contributed by atoms with Crippen LogP contribution in [0.15, 0.2) is 41.6 Å². The van der Waals surface area contributed by atoms with Gasteiger partial charge in [0.25, 0.3) is 5.91 Å². The average Bonchev–Trinajstić information content (AvgIpc) is 3.27. The van der Waals surface area contributed by atoms with E-state index in [-0.39, 0.29) is 23.3 Å². The molecule has 1 aliphatic heterocycles. The minimum atomic E-state index is -5.64. The third-order valence-corrected chi connectivity index (χ3v) is 7.70. The van der Waals surface area contributed by atoms with E-state index in [0.717, 1.165) is 12.7 Å². The first kappa shape index (κ1) is 28.3. The van der Waals surface area contributed by atoms with Crippen LogP contribution in [0.5, 0.6) is 5.75 Å². The predicted octanol–water partition coefficient (Wildman–Crippen LogP) is 3.38. The number of anilines is 1. The highest BCUT2D eigenvalue weighted by molar-refractivity contribution is 7.90. The molecule has 1 amide bonds. The van der Waals surface area contributed by atoms with Crippen molar-refractivity contribution in [2.24, 2.45) is 5.10 Å². The summed E-state index contributed by atoms with van der Waals surface area (Å²) in [7, 11) is -3.14. The normalized spacial score (nSPS) is 14.4. The first-order valence-electron chi connectivity index (χ1n) is 11.5. The zero-order valence-corrected chi connectivity index (χ0v) is 22.6. The van der Waals surface area contributed by atoms with E-state index in [1.54, 1.807) is 40.9 Å². The maximum Gasteiger partial charge on any atom is 0.516 e. The fourth-order valence-electron chi connectivity index (χ4n) is 3.95. The van der Waals surface area contributed by atoms with E-state index < -0.39 is 28.1 Å². The first-order valence-corrected chi connectivity index (χ1v) is 13.3. The summed E-state index contributed by atoms with van der Waals surface area (Å²) in [5.41, 5.74) is -2.82. The number of methoxy groups -OCH3 is 2. The third-order valence-electron chi connectivity index (χ3n) is 5.91. The molecule has 210 valence electrons. The molecule has 1 aromatic carbocycles. The van der Waals surface area contributed by atoms with Gasteiger partial charge < -0.3 is 14.8 Å². The highest BCUT2D eigenvalue weighted by Gasteiger charge is 2.52. The van der Waals surface area contributed by atoms with Gasteiger partial charge in [0.2, 0.25) is 0 Å². The number of fused-ring (bicyclic) bond motifs is 1. The summed E-state index contributed by atoms with van der Waals surface area (Å²) in [4.78, 5) is 17.6. The Kier molecular flexibility index (Phi) is 7.84. The highest BCUT2D eigenvalue weighted by Crippen LogP contribution is 2.30. The maximum absolute atomic E-state index is 13.1. The number of hydrogen-bond donors (Lipinski definition) is 1. The lowest BCUT2D eigenvalue weighted by Gasteiger charge is -2.32. The fraction of sp³-hybridized carbons (Fsp3) is 0.348. The number of rotatable bonds is 7. The van der Waals surface area contributed by atoms with Gasteiger partial charge in [-0.2, -0.15) is 21.6 Å². The van der Waals surface area contributed by atoms with Crippen LogP contribution >= 0.6 is 11.6 Å². The van der Waals surface area contributed by atoms with Crippen molar-refractivity contribution in [2.45, 2.75) is 25.4 Å². The van der Waals surface area contributed by atoms with E-state index in [1.807, 2.05) is 6.92 Å². The maximum atomic E-state index is 13.1. The molecule has 0 radical (unpaired) electrons. The summed E-state index contributed by atoms with van der Waals surface area (Å²) in [5.74, 6) is 0.0362. The SMILES string of the molecule is CCc1nc2cc(Cl)c(OC)cn2c1C(=O)NCc1ccc(N2CCN(S(=O)(=O)C(F)(F)F)C(OC)=N2)cc1. The second-order valence-corrected chi connectivity index (χ2v) is 10.5. The molecule has 11 nitrogen and oxygen atoms in total. The van der Waals surface area contributed by atoms with Gasteiger partial charge in [-0.1, -0.05) is 30.7 Å². The number of ether oxygens (including phenoxy) is 2. The van der Waals surface area contributed by atoms with Gasteiger partial charge in [-0.05, 0) is 24.1 Å². The number of pyridine rings is 1. The molecular weight excluding hydrogens is 565 g/mol. The zero-order valence-electron chi connectivity index (χ0n) is 21.0.